The van der Waals surface area contributed by atoms with E-state index in [1.54, 1.807) is 55.5 Å². The number of rotatable bonds is 16. The minimum atomic E-state index is -3.95. The van der Waals surface area contributed by atoms with Crippen LogP contribution in [0.25, 0.3) is 0 Å². The summed E-state index contributed by atoms with van der Waals surface area (Å²) in [5.41, 5.74) is 7.60. The van der Waals surface area contributed by atoms with Gasteiger partial charge in [0.25, 0.3) is 20.0 Å². The number of carbonyl (C=O) groups excluding carboxylic acids is 2. The summed E-state index contributed by atoms with van der Waals surface area (Å²) in [6, 6.07) is 33.0. The number of fused-ring (bicyclic) bond motifs is 2. The normalized spacial score (nSPS) is 13.2. The molecule has 0 fully saturated rings. The van der Waals surface area contributed by atoms with Gasteiger partial charge in [-0.25, -0.2) is 26.4 Å². The maximum Gasteiger partial charge on any atom is 0.343 e. The van der Waals surface area contributed by atoms with E-state index >= 15 is 0 Å². The molecule has 2 heterocycles. The second kappa shape index (κ2) is 18.9. The Kier molecular flexibility index (Phi) is 13.1. The number of carbonyl (C=O) groups is 2. The molecule has 15 heteroatoms. The molecule has 8 rings (SSSR count). The van der Waals surface area contributed by atoms with Gasteiger partial charge in [0.2, 0.25) is 0 Å². The third-order valence-corrected chi connectivity index (χ3v) is 15.8. The van der Waals surface area contributed by atoms with Gasteiger partial charge >= 0.3 is 11.9 Å². The number of para-hydroxylation sites is 2. The van der Waals surface area contributed by atoms with Crippen LogP contribution in [0.1, 0.15) is 59.7 Å². The van der Waals surface area contributed by atoms with Gasteiger partial charge in [-0.3, -0.25) is 8.61 Å². The van der Waals surface area contributed by atoms with Crippen molar-refractivity contribution in [1.82, 2.24) is 0 Å². The number of hydrogen-bond donors (Lipinski definition) is 0. The average molecular weight is 931 g/mol. The van der Waals surface area contributed by atoms with Crippen LogP contribution in [0.3, 0.4) is 0 Å². The number of hydrogen-bond acceptors (Lipinski definition) is 11. The van der Waals surface area contributed by atoms with Crippen molar-refractivity contribution in [2.75, 3.05) is 50.1 Å². The lowest BCUT2D eigenvalue weighted by Gasteiger charge is -2.23. The van der Waals surface area contributed by atoms with Gasteiger partial charge in [0, 0.05) is 37.4 Å². The molecular weight excluding hydrogens is 881 g/mol. The summed E-state index contributed by atoms with van der Waals surface area (Å²) in [4.78, 5) is 27.0. The third kappa shape index (κ3) is 8.92. The average Bonchev–Trinajstić information content (AvgIpc) is 4.00. The highest BCUT2D eigenvalue weighted by atomic mass is 32.2. The van der Waals surface area contributed by atoms with Crippen molar-refractivity contribution in [1.29, 1.82) is 0 Å². The highest BCUT2D eigenvalue weighted by Gasteiger charge is 2.35. The lowest BCUT2D eigenvalue weighted by molar-refractivity contribution is 0.0592. The minimum absolute atomic E-state index is 0.0763. The summed E-state index contributed by atoms with van der Waals surface area (Å²) in [7, 11) is -2.13. The lowest BCUT2D eigenvalue weighted by Crippen LogP contribution is -2.30. The fraction of sp³-hybridized carbons (Fsp3) is 0.255. The van der Waals surface area contributed by atoms with E-state index < -0.39 is 32.0 Å². The Morgan fingerprint density at radius 1 is 0.545 bits per heavy atom. The molecule has 0 aliphatic carbocycles. The molecule has 0 bridgehead atoms. The van der Waals surface area contributed by atoms with Gasteiger partial charge in [-0.05, 0) is 115 Å². The van der Waals surface area contributed by atoms with Crippen molar-refractivity contribution in [3.63, 3.8) is 0 Å². The molecule has 0 atom stereocenters. The van der Waals surface area contributed by atoms with E-state index in [4.69, 9.17) is 23.7 Å². The number of ether oxygens (including phenoxy) is 5. The fourth-order valence-corrected chi connectivity index (χ4v) is 11.9. The van der Waals surface area contributed by atoms with Crippen LogP contribution in [0.5, 0.6) is 23.0 Å². The van der Waals surface area contributed by atoms with E-state index in [2.05, 4.69) is 0 Å². The molecule has 2 aliphatic heterocycles. The first-order valence-electron chi connectivity index (χ1n) is 21.4. The topological polar surface area (TPSA) is 155 Å². The van der Waals surface area contributed by atoms with Crippen molar-refractivity contribution in [2.24, 2.45) is 0 Å². The second-order valence-electron chi connectivity index (χ2n) is 16.0. The van der Waals surface area contributed by atoms with Crippen LogP contribution in [0.4, 0.5) is 11.4 Å². The summed E-state index contributed by atoms with van der Waals surface area (Å²) >= 11 is 0. The number of sulfonamides is 2. The highest BCUT2D eigenvalue weighted by Crippen LogP contribution is 2.40. The van der Waals surface area contributed by atoms with Crippen LogP contribution < -0.4 is 27.6 Å². The maximum atomic E-state index is 14.1. The van der Waals surface area contributed by atoms with Gasteiger partial charge in [0.1, 0.15) is 28.6 Å². The predicted molar refractivity (Wildman–Crippen MR) is 251 cm³/mol. The number of benzene rings is 6. The largest absolute Gasteiger partial charge is 0.497 e. The van der Waals surface area contributed by atoms with E-state index in [1.807, 2.05) is 48.5 Å². The smallest absolute Gasteiger partial charge is 0.343 e. The van der Waals surface area contributed by atoms with Gasteiger partial charge in [0.15, 0.2) is 0 Å². The molecule has 2 aliphatic rings. The minimum Gasteiger partial charge on any atom is -0.497 e. The van der Waals surface area contributed by atoms with E-state index in [9.17, 15) is 26.4 Å². The first kappa shape index (κ1) is 45.7. The zero-order valence-electron chi connectivity index (χ0n) is 37.3. The van der Waals surface area contributed by atoms with Crippen molar-refractivity contribution in [3.05, 3.63) is 165 Å². The van der Waals surface area contributed by atoms with E-state index in [0.717, 1.165) is 33.4 Å². The Balaban J connectivity index is 0.977. The number of anilines is 2. The molecule has 0 saturated carbocycles. The van der Waals surface area contributed by atoms with Gasteiger partial charge in [-0.2, -0.15) is 0 Å². The summed E-state index contributed by atoms with van der Waals surface area (Å²) in [5.74, 6) is -0.0497. The van der Waals surface area contributed by atoms with Gasteiger partial charge in [0.05, 0.1) is 55.2 Å². The quantitative estimate of drug-likeness (QED) is 0.0683. The molecule has 6 aromatic carbocycles. The van der Waals surface area contributed by atoms with E-state index in [1.165, 1.54) is 55.2 Å². The number of esters is 2. The van der Waals surface area contributed by atoms with Crippen molar-refractivity contribution in [2.45, 2.75) is 55.2 Å². The Bertz CT molecular complexity index is 3040. The lowest BCUT2D eigenvalue weighted by atomic mass is 9.96. The summed E-state index contributed by atoms with van der Waals surface area (Å²) in [6.45, 7) is 2.39. The Hall–Kier alpha value is -6.84. The summed E-state index contributed by atoms with van der Waals surface area (Å²) < 4.78 is 86.0. The Morgan fingerprint density at radius 2 is 1.08 bits per heavy atom. The zero-order valence-corrected chi connectivity index (χ0v) is 39.0. The summed E-state index contributed by atoms with van der Waals surface area (Å²) in [6.07, 6.45) is 3.18. The number of methoxy groups -OCH3 is 4. The van der Waals surface area contributed by atoms with Crippen LogP contribution >= 0.6 is 0 Å². The van der Waals surface area contributed by atoms with Crippen LogP contribution in [-0.2, 0) is 63.3 Å². The van der Waals surface area contributed by atoms with Crippen LogP contribution in [-0.4, -0.2) is 70.3 Å². The Labute approximate surface area is 385 Å². The molecule has 0 spiro atoms. The zero-order chi connectivity index (χ0) is 46.8. The molecule has 0 radical (unpaired) electrons. The molecule has 0 unspecified atom stereocenters. The first-order chi connectivity index (χ1) is 31.8. The SMILES string of the molecule is COC(=O)c1ccc(CCc2cccc3c2N(S(=O)(=O)c2cccc(OC)c2)CC3)c(C)c1OC(=O)c1ccc(CCc2cccc3c2N(S(=O)(=O)c2cc(OC)cc(OC)c2)CC3)cc1. The molecule has 342 valence electrons. The van der Waals surface area contributed by atoms with Crippen molar-refractivity contribution < 1.29 is 50.1 Å². The molecule has 0 amide bonds. The molecule has 0 saturated heterocycles. The molecule has 13 nitrogen and oxygen atoms in total. The summed E-state index contributed by atoms with van der Waals surface area (Å²) in [5, 5.41) is 0. The van der Waals surface area contributed by atoms with Crippen molar-refractivity contribution in [3.8, 4) is 23.0 Å². The molecule has 6 aromatic rings. The molecule has 0 aromatic heterocycles. The van der Waals surface area contributed by atoms with E-state index in [-0.39, 0.29) is 26.7 Å². The van der Waals surface area contributed by atoms with Gasteiger partial charge in [-0.15, -0.1) is 0 Å². The number of aryl methyl sites for hydroxylation is 4. The van der Waals surface area contributed by atoms with Crippen LogP contribution in [0.15, 0.2) is 125 Å². The third-order valence-electron chi connectivity index (χ3n) is 12.3. The van der Waals surface area contributed by atoms with E-state index in [0.29, 0.717) is 85.8 Å². The van der Waals surface area contributed by atoms with Gasteiger partial charge < -0.3 is 23.7 Å². The number of nitrogens with zero attached hydrogens (tertiary/aromatic N) is 2. The second-order valence-corrected chi connectivity index (χ2v) is 19.8. The standard InChI is InChI=1S/C51H50N2O11S2/c1-33-35(21-22-37-10-7-12-39-25-27-52(48(37)39)65(56,57)44-14-8-13-41(30-44)60-2)23-24-46(51(55)63-5)49(33)64-50(54)40-19-16-34(17-20-40)15-18-36-9-6-11-38-26-28-53(47(36)38)66(58,59)45-31-42(61-3)29-43(32-45)62-4/h6-14,16-17,19-20,23-24,29-32H,15,18,21-22,25-28H2,1-5H3. The molecule has 0 N–H and O–H groups in total. The highest BCUT2D eigenvalue weighted by molar-refractivity contribution is 7.93. The van der Waals surface area contributed by atoms with Crippen molar-refractivity contribution >= 4 is 43.4 Å². The van der Waals surface area contributed by atoms with Gasteiger partial charge in [-0.1, -0.05) is 60.7 Å². The van der Waals surface area contributed by atoms with Crippen LogP contribution in [0, 0.1) is 6.92 Å². The monoisotopic (exact) mass is 930 g/mol. The predicted octanol–water partition coefficient (Wildman–Crippen LogP) is 8.10. The molecular formula is C51H50N2O11S2. The molecule has 66 heavy (non-hydrogen) atoms. The Morgan fingerprint density at radius 3 is 1.65 bits per heavy atom. The first-order valence-corrected chi connectivity index (χ1v) is 24.3. The maximum absolute atomic E-state index is 14.1. The fourth-order valence-electron chi connectivity index (χ4n) is 8.74. The van der Waals surface area contributed by atoms with Crippen LogP contribution in [0.2, 0.25) is 0 Å².